The number of aromatic nitrogens is 2. The van der Waals surface area contributed by atoms with E-state index in [1.807, 2.05) is 24.3 Å². The van der Waals surface area contributed by atoms with Crippen LogP contribution in [0.4, 0.5) is 0 Å². The van der Waals surface area contributed by atoms with E-state index in [1.54, 1.807) is 0 Å². The van der Waals surface area contributed by atoms with E-state index in [0.29, 0.717) is 5.82 Å². The molecule has 0 amide bonds. The predicted octanol–water partition coefficient (Wildman–Crippen LogP) is 4.62. The highest BCUT2D eigenvalue weighted by molar-refractivity contribution is 9.10. The zero-order valence-electron chi connectivity index (χ0n) is 10.8. The zero-order valence-corrected chi connectivity index (χ0v) is 12.4. The highest BCUT2D eigenvalue weighted by Gasteiger charge is 2.17. The molecular weight excluding hydrogens is 304 g/mol. The van der Waals surface area contributed by atoms with Gasteiger partial charge < -0.3 is 4.52 Å². The van der Waals surface area contributed by atoms with E-state index in [1.165, 1.54) is 32.1 Å². The van der Waals surface area contributed by atoms with Crippen LogP contribution in [-0.4, -0.2) is 10.1 Å². The summed E-state index contributed by atoms with van der Waals surface area (Å²) in [6.45, 7) is 0. The first kappa shape index (κ1) is 12.9. The zero-order chi connectivity index (χ0) is 13.1. The maximum absolute atomic E-state index is 5.39. The minimum absolute atomic E-state index is 0.687. The Balaban J connectivity index is 1.72. The fraction of sp³-hybridized carbons (Fsp3) is 0.467. The topological polar surface area (TPSA) is 38.9 Å². The van der Waals surface area contributed by atoms with E-state index in [9.17, 15) is 0 Å². The van der Waals surface area contributed by atoms with Crippen molar-refractivity contribution in [1.29, 1.82) is 0 Å². The number of halogens is 1. The van der Waals surface area contributed by atoms with Gasteiger partial charge in [-0.05, 0) is 30.9 Å². The lowest BCUT2D eigenvalue weighted by Crippen LogP contribution is -2.09. The molecule has 1 aliphatic rings. The Morgan fingerprint density at radius 3 is 2.84 bits per heavy atom. The molecule has 0 N–H and O–H groups in total. The molecule has 1 fully saturated rings. The predicted molar refractivity (Wildman–Crippen MR) is 77.7 cm³/mol. The van der Waals surface area contributed by atoms with Crippen molar-refractivity contribution in [2.75, 3.05) is 0 Å². The third-order valence-electron chi connectivity index (χ3n) is 3.74. The van der Waals surface area contributed by atoms with Gasteiger partial charge in [0, 0.05) is 16.5 Å². The molecule has 4 heteroatoms. The Bertz CT molecular complexity index is 547. The first-order chi connectivity index (χ1) is 9.31. The van der Waals surface area contributed by atoms with Gasteiger partial charge in [0.2, 0.25) is 11.7 Å². The van der Waals surface area contributed by atoms with E-state index in [2.05, 4.69) is 26.1 Å². The average Bonchev–Trinajstić information content (AvgIpc) is 2.88. The van der Waals surface area contributed by atoms with Gasteiger partial charge in [0.1, 0.15) is 0 Å². The molecular formula is C15H17BrN2O. The van der Waals surface area contributed by atoms with Gasteiger partial charge in [0.05, 0.1) is 0 Å². The molecule has 0 radical (unpaired) electrons. The summed E-state index contributed by atoms with van der Waals surface area (Å²) in [6, 6.07) is 7.98. The smallest absolute Gasteiger partial charge is 0.227 e. The standard InChI is InChI=1S/C15H17BrN2O/c16-13-8-4-7-12(10-13)15-17-14(19-18-15)9-11-5-2-1-3-6-11/h4,7-8,10-11H,1-3,5-6,9H2. The second-order valence-corrected chi connectivity index (χ2v) is 6.15. The fourth-order valence-electron chi connectivity index (χ4n) is 2.72. The van der Waals surface area contributed by atoms with Gasteiger partial charge in [-0.2, -0.15) is 4.98 Å². The molecule has 100 valence electrons. The molecule has 0 bridgehead atoms. The Morgan fingerprint density at radius 1 is 1.21 bits per heavy atom. The minimum Gasteiger partial charge on any atom is -0.339 e. The second-order valence-electron chi connectivity index (χ2n) is 5.23. The van der Waals surface area contributed by atoms with Crippen LogP contribution in [-0.2, 0) is 6.42 Å². The summed E-state index contributed by atoms with van der Waals surface area (Å²) in [4.78, 5) is 4.52. The molecule has 1 heterocycles. The van der Waals surface area contributed by atoms with Crippen molar-refractivity contribution in [3.8, 4) is 11.4 Å². The third-order valence-corrected chi connectivity index (χ3v) is 4.23. The second kappa shape index (κ2) is 5.87. The molecule has 1 saturated carbocycles. The normalized spacial score (nSPS) is 16.7. The lowest BCUT2D eigenvalue weighted by atomic mass is 9.87. The maximum Gasteiger partial charge on any atom is 0.227 e. The van der Waals surface area contributed by atoms with Crippen molar-refractivity contribution in [3.05, 3.63) is 34.6 Å². The molecule has 2 aromatic rings. The molecule has 0 spiro atoms. The van der Waals surface area contributed by atoms with Crippen LogP contribution in [0.3, 0.4) is 0 Å². The maximum atomic E-state index is 5.39. The largest absolute Gasteiger partial charge is 0.339 e. The molecule has 1 aliphatic carbocycles. The number of nitrogens with zero attached hydrogens (tertiary/aromatic N) is 2. The van der Waals surface area contributed by atoms with Gasteiger partial charge in [-0.3, -0.25) is 0 Å². The third kappa shape index (κ3) is 3.24. The van der Waals surface area contributed by atoms with Crippen LogP contribution in [0, 0.1) is 5.92 Å². The quantitative estimate of drug-likeness (QED) is 0.828. The number of hydrogen-bond acceptors (Lipinski definition) is 3. The molecule has 3 rings (SSSR count). The van der Waals surface area contributed by atoms with E-state index < -0.39 is 0 Å². The Hall–Kier alpha value is -1.16. The molecule has 1 aromatic carbocycles. The molecule has 0 unspecified atom stereocenters. The Morgan fingerprint density at radius 2 is 2.05 bits per heavy atom. The van der Waals surface area contributed by atoms with Crippen LogP contribution in [0.25, 0.3) is 11.4 Å². The van der Waals surface area contributed by atoms with Gasteiger partial charge in [0.15, 0.2) is 0 Å². The van der Waals surface area contributed by atoms with Gasteiger partial charge in [-0.15, -0.1) is 0 Å². The van der Waals surface area contributed by atoms with Gasteiger partial charge in [-0.25, -0.2) is 0 Å². The van der Waals surface area contributed by atoms with Crippen molar-refractivity contribution in [2.24, 2.45) is 5.92 Å². The lowest BCUT2D eigenvalue weighted by Gasteiger charge is -2.19. The summed E-state index contributed by atoms with van der Waals surface area (Å²) < 4.78 is 6.42. The lowest BCUT2D eigenvalue weighted by molar-refractivity contribution is 0.305. The first-order valence-corrected chi connectivity index (χ1v) is 7.69. The van der Waals surface area contributed by atoms with E-state index in [0.717, 1.165) is 28.3 Å². The Labute approximate surface area is 121 Å². The van der Waals surface area contributed by atoms with Crippen LogP contribution in [0.15, 0.2) is 33.3 Å². The average molecular weight is 321 g/mol. The van der Waals surface area contributed by atoms with Gasteiger partial charge >= 0.3 is 0 Å². The van der Waals surface area contributed by atoms with E-state index in [4.69, 9.17) is 4.52 Å². The number of hydrogen-bond donors (Lipinski definition) is 0. The molecule has 1 aromatic heterocycles. The molecule has 0 saturated heterocycles. The summed E-state index contributed by atoms with van der Waals surface area (Å²) in [5, 5.41) is 4.09. The first-order valence-electron chi connectivity index (χ1n) is 6.90. The van der Waals surface area contributed by atoms with E-state index in [-0.39, 0.29) is 0 Å². The van der Waals surface area contributed by atoms with E-state index >= 15 is 0 Å². The van der Waals surface area contributed by atoms with Crippen LogP contribution < -0.4 is 0 Å². The Kier molecular flexibility index (Phi) is 3.97. The van der Waals surface area contributed by atoms with Crippen LogP contribution in [0.1, 0.15) is 38.0 Å². The highest BCUT2D eigenvalue weighted by Crippen LogP contribution is 2.27. The SMILES string of the molecule is Brc1cccc(-c2noc(CC3CCCCC3)n2)c1. The molecule has 19 heavy (non-hydrogen) atoms. The summed E-state index contributed by atoms with van der Waals surface area (Å²) in [7, 11) is 0. The van der Waals surface area contributed by atoms with Crippen molar-refractivity contribution >= 4 is 15.9 Å². The van der Waals surface area contributed by atoms with Crippen molar-refractivity contribution in [3.63, 3.8) is 0 Å². The number of benzene rings is 1. The summed E-state index contributed by atoms with van der Waals surface area (Å²) in [6.07, 6.45) is 7.60. The monoisotopic (exact) mass is 320 g/mol. The molecule has 3 nitrogen and oxygen atoms in total. The van der Waals surface area contributed by atoms with Crippen LogP contribution in [0.5, 0.6) is 0 Å². The summed E-state index contributed by atoms with van der Waals surface area (Å²) in [5.41, 5.74) is 0.994. The fourth-order valence-corrected chi connectivity index (χ4v) is 3.12. The molecule has 0 aliphatic heterocycles. The summed E-state index contributed by atoms with van der Waals surface area (Å²) in [5.74, 6) is 2.19. The van der Waals surface area contributed by atoms with Gasteiger partial charge in [0.25, 0.3) is 0 Å². The molecule has 0 atom stereocenters. The number of rotatable bonds is 3. The van der Waals surface area contributed by atoms with Crippen molar-refractivity contribution in [2.45, 2.75) is 38.5 Å². The van der Waals surface area contributed by atoms with Crippen molar-refractivity contribution < 1.29 is 4.52 Å². The van der Waals surface area contributed by atoms with Crippen molar-refractivity contribution in [1.82, 2.24) is 10.1 Å². The van der Waals surface area contributed by atoms with Gasteiger partial charge in [-0.1, -0.05) is 52.5 Å². The summed E-state index contributed by atoms with van der Waals surface area (Å²) >= 11 is 3.46. The van der Waals surface area contributed by atoms with Crippen LogP contribution >= 0.6 is 15.9 Å². The highest BCUT2D eigenvalue weighted by atomic mass is 79.9. The minimum atomic E-state index is 0.687. The van der Waals surface area contributed by atoms with Crippen LogP contribution in [0.2, 0.25) is 0 Å².